The minimum atomic E-state index is -0.570. The van der Waals surface area contributed by atoms with Crippen molar-refractivity contribution in [1.82, 2.24) is 9.88 Å². The zero-order valence-corrected chi connectivity index (χ0v) is 16.7. The van der Waals surface area contributed by atoms with Gasteiger partial charge in [0.1, 0.15) is 0 Å². The van der Waals surface area contributed by atoms with Crippen LogP contribution in [0.1, 0.15) is 54.9 Å². The van der Waals surface area contributed by atoms with Crippen LogP contribution in [0, 0.1) is 0 Å². The number of methoxy groups -OCH3 is 1. The number of carbonyl (C=O) groups excluding carboxylic acids is 4. The number of hydrogen-bond donors (Lipinski definition) is 1. The van der Waals surface area contributed by atoms with Gasteiger partial charge in [0.2, 0.25) is 0 Å². The van der Waals surface area contributed by atoms with Gasteiger partial charge in [0.15, 0.2) is 10.8 Å². The average molecular weight is 417 g/mol. The Hall–Kier alpha value is -3.11. The monoisotopic (exact) mass is 417 g/mol. The number of anilines is 1. The Morgan fingerprint density at radius 1 is 1.21 bits per heavy atom. The van der Waals surface area contributed by atoms with Crippen molar-refractivity contribution in [2.45, 2.75) is 13.3 Å². The molecule has 3 amide bonds. The van der Waals surface area contributed by atoms with Gasteiger partial charge < -0.3 is 9.47 Å². The maximum Gasteiger partial charge on any atom is 0.357 e. The van der Waals surface area contributed by atoms with Crippen LogP contribution in [0.4, 0.5) is 5.13 Å². The molecular formula is C19H19N3O6S. The molecule has 0 unspecified atom stereocenters. The van der Waals surface area contributed by atoms with Crippen molar-refractivity contribution in [3.05, 3.63) is 46.0 Å². The minimum absolute atomic E-state index is 0.105. The SMILES string of the molecule is CCOC(=O)c1csc(NC(=O)c2ccc3c(c2)C(=O)N(CCCOC)C3=O)n1. The maximum atomic E-state index is 12.5. The molecule has 0 aliphatic carbocycles. The second kappa shape index (κ2) is 8.93. The first-order chi connectivity index (χ1) is 14.0. The zero-order chi connectivity index (χ0) is 21.0. The van der Waals surface area contributed by atoms with E-state index in [1.54, 1.807) is 14.0 Å². The quantitative estimate of drug-likeness (QED) is 0.398. The Morgan fingerprint density at radius 3 is 2.69 bits per heavy atom. The summed E-state index contributed by atoms with van der Waals surface area (Å²) in [6.45, 7) is 2.59. The van der Waals surface area contributed by atoms with Crippen LogP contribution >= 0.6 is 11.3 Å². The van der Waals surface area contributed by atoms with Crippen LogP contribution in [0.15, 0.2) is 23.6 Å². The largest absolute Gasteiger partial charge is 0.461 e. The molecular weight excluding hydrogens is 398 g/mol. The molecule has 1 aliphatic heterocycles. The van der Waals surface area contributed by atoms with Gasteiger partial charge in [0, 0.05) is 31.2 Å². The summed E-state index contributed by atoms with van der Waals surface area (Å²) < 4.78 is 9.81. The van der Waals surface area contributed by atoms with Crippen molar-refractivity contribution in [2.75, 3.05) is 32.2 Å². The molecule has 152 valence electrons. The van der Waals surface area contributed by atoms with Gasteiger partial charge in [0.25, 0.3) is 17.7 Å². The lowest BCUT2D eigenvalue weighted by molar-refractivity contribution is 0.0519. The van der Waals surface area contributed by atoms with E-state index in [0.717, 1.165) is 16.2 Å². The molecule has 1 N–H and O–H groups in total. The number of nitrogens with zero attached hydrogens (tertiary/aromatic N) is 2. The molecule has 1 aliphatic rings. The van der Waals surface area contributed by atoms with Crippen molar-refractivity contribution in [1.29, 1.82) is 0 Å². The zero-order valence-electron chi connectivity index (χ0n) is 15.9. The van der Waals surface area contributed by atoms with Crippen LogP contribution < -0.4 is 5.32 Å². The summed E-state index contributed by atoms with van der Waals surface area (Å²) in [6, 6.07) is 4.33. The molecule has 0 atom stereocenters. The number of thiazole rings is 1. The van der Waals surface area contributed by atoms with Crippen LogP contribution in [0.2, 0.25) is 0 Å². The number of amides is 3. The highest BCUT2D eigenvalue weighted by molar-refractivity contribution is 7.14. The van der Waals surface area contributed by atoms with Gasteiger partial charge in [0.05, 0.1) is 17.7 Å². The number of esters is 1. The normalized spacial score (nSPS) is 12.8. The lowest BCUT2D eigenvalue weighted by atomic mass is 10.1. The summed E-state index contributed by atoms with van der Waals surface area (Å²) in [5.74, 6) is -1.89. The van der Waals surface area contributed by atoms with Crippen LogP contribution in [0.3, 0.4) is 0 Å². The maximum absolute atomic E-state index is 12.5. The molecule has 0 saturated carbocycles. The third-order valence-electron chi connectivity index (χ3n) is 4.17. The van der Waals surface area contributed by atoms with E-state index in [-0.39, 0.29) is 46.6 Å². The van der Waals surface area contributed by atoms with Gasteiger partial charge in [-0.25, -0.2) is 9.78 Å². The molecule has 0 saturated heterocycles. The van der Waals surface area contributed by atoms with E-state index in [2.05, 4.69) is 10.3 Å². The predicted molar refractivity (Wildman–Crippen MR) is 104 cm³/mol. The number of hydrogen-bond acceptors (Lipinski definition) is 8. The molecule has 1 aromatic carbocycles. The molecule has 0 spiro atoms. The fourth-order valence-electron chi connectivity index (χ4n) is 2.80. The molecule has 2 heterocycles. The Bertz CT molecular complexity index is 971. The molecule has 0 bridgehead atoms. The molecule has 0 radical (unpaired) electrons. The van der Waals surface area contributed by atoms with Crippen LogP contribution in [-0.2, 0) is 9.47 Å². The highest BCUT2D eigenvalue weighted by Gasteiger charge is 2.35. The van der Waals surface area contributed by atoms with Gasteiger partial charge in [-0.15, -0.1) is 11.3 Å². The Kier molecular flexibility index (Phi) is 6.35. The summed E-state index contributed by atoms with van der Waals surface area (Å²) in [6.07, 6.45) is 0.530. The van der Waals surface area contributed by atoms with E-state index in [1.807, 2.05) is 0 Å². The summed E-state index contributed by atoms with van der Waals surface area (Å²) in [7, 11) is 1.55. The van der Waals surface area contributed by atoms with E-state index in [1.165, 1.54) is 23.6 Å². The van der Waals surface area contributed by atoms with Gasteiger partial charge in [-0.2, -0.15) is 0 Å². The minimum Gasteiger partial charge on any atom is -0.461 e. The van der Waals surface area contributed by atoms with Gasteiger partial charge in [-0.1, -0.05) is 0 Å². The van der Waals surface area contributed by atoms with E-state index >= 15 is 0 Å². The summed E-state index contributed by atoms with van der Waals surface area (Å²) in [4.78, 5) is 54.3. The molecule has 0 fully saturated rings. The average Bonchev–Trinajstić information content (AvgIpc) is 3.27. The van der Waals surface area contributed by atoms with E-state index in [0.29, 0.717) is 13.0 Å². The molecule has 9 nitrogen and oxygen atoms in total. The summed E-state index contributed by atoms with van der Waals surface area (Å²) in [5, 5.41) is 4.29. The van der Waals surface area contributed by atoms with E-state index in [9.17, 15) is 19.2 Å². The van der Waals surface area contributed by atoms with Crippen molar-refractivity contribution in [2.24, 2.45) is 0 Å². The molecule has 10 heteroatoms. The summed E-state index contributed by atoms with van der Waals surface area (Å²) in [5.41, 5.74) is 0.763. The van der Waals surface area contributed by atoms with Crippen LogP contribution in [0.5, 0.6) is 0 Å². The van der Waals surface area contributed by atoms with Gasteiger partial charge >= 0.3 is 5.97 Å². The fourth-order valence-corrected chi connectivity index (χ4v) is 3.48. The predicted octanol–water partition coefficient (Wildman–Crippen LogP) is 2.20. The second-order valence-corrected chi connectivity index (χ2v) is 6.94. The lowest BCUT2D eigenvalue weighted by Gasteiger charge is -2.12. The highest BCUT2D eigenvalue weighted by atomic mass is 32.1. The van der Waals surface area contributed by atoms with E-state index < -0.39 is 17.8 Å². The standard InChI is InChI=1S/C19H19N3O6S/c1-3-28-18(26)14-10-29-19(20-14)21-15(23)11-5-6-12-13(9-11)17(25)22(16(12)24)7-4-8-27-2/h5-6,9-10H,3-4,7-8H2,1-2H3,(H,20,21,23). The Balaban J connectivity index is 1.72. The van der Waals surface area contributed by atoms with Crippen molar-refractivity contribution >= 4 is 40.2 Å². The molecule has 1 aromatic heterocycles. The first-order valence-electron chi connectivity index (χ1n) is 8.89. The lowest BCUT2D eigenvalue weighted by Crippen LogP contribution is -2.31. The number of rotatable bonds is 8. The molecule has 29 heavy (non-hydrogen) atoms. The third kappa shape index (κ3) is 4.33. The number of aromatic nitrogens is 1. The number of ether oxygens (including phenoxy) is 2. The third-order valence-corrected chi connectivity index (χ3v) is 4.93. The second-order valence-electron chi connectivity index (χ2n) is 6.08. The topological polar surface area (TPSA) is 115 Å². The number of imide groups is 1. The smallest absolute Gasteiger partial charge is 0.357 e. The number of carbonyl (C=O) groups is 4. The first kappa shape index (κ1) is 20.6. The Labute approximate surface area is 170 Å². The fraction of sp³-hybridized carbons (Fsp3) is 0.316. The summed E-state index contributed by atoms with van der Waals surface area (Å²) >= 11 is 1.08. The Morgan fingerprint density at radius 2 is 1.97 bits per heavy atom. The van der Waals surface area contributed by atoms with Crippen LogP contribution in [-0.4, -0.2) is 60.4 Å². The number of benzene rings is 1. The van der Waals surface area contributed by atoms with Crippen LogP contribution in [0.25, 0.3) is 0 Å². The number of fused-ring (bicyclic) bond motifs is 1. The molecule has 2 aromatic rings. The van der Waals surface area contributed by atoms with Crippen molar-refractivity contribution < 1.29 is 28.7 Å². The molecule has 3 rings (SSSR count). The number of nitrogens with one attached hydrogen (secondary N) is 1. The van der Waals surface area contributed by atoms with Gasteiger partial charge in [-0.05, 0) is 31.5 Å². The van der Waals surface area contributed by atoms with Gasteiger partial charge in [-0.3, -0.25) is 24.6 Å². The first-order valence-corrected chi connectivity index (χ1v) is 9.77. The van der Waals surface area contributed by atoms with Crippen molar-refractivity contribution in [3.8, 4) is 0 Å². The highest BCUT2D eigenvalue weighted by Crippen LogP contribution is 2.25. The van der Waals surface area contributed by atoms with E-state index in [4.69, 9.17) is 9.47 Å². The van der Waals surface area contributed by atoms with Crippen molar-refractivity contribution in [3.63, 3.8) is 0 Å².